The molecule has 0 saturated heterocycles. The third kappa shape index (κ3) is 4.10. The van der Waals surface area contributed by atoms with E-state index in [-0.39, 0.29) is 6.61 Å². The second-order valence-corrected chi connectivity index (χ2v) is 6.30. The molecule has 2 rings (SSSR count). The van der Waals surface area contributed by atoms with Gasteiger partial charge in [-0.2, -0.15) is 0 Å². The molecule has 112 valence electrons. The molecule has 4 nitrogen and oxygen atoms in total. The lowest BCUT2D eigenvalue weighted by atomic mass is 10.1. The summed E-state index contributed by atoms with van der Waals surface area (Å²) >= 11 is 0. The van der Waals surface area contributed by atoms with Crippen molar-refractivity contribution in [2.75, 3.05) is 6.61 Å². The van der Waals surface area contributed by atoms with E-state index in [2.05, 4.69) is 4.72 Å². The highest BCUT2D eigenvalue weighted by Crippen LogP contribution is 2.14. The molecular weight excluding hydrogens is 293 g/mol. The number of halogens is 1. The standard InChI is InChI=1S/C15H16FNO3S/c16-14-8-4-5-9-15(14)21(19,20)17-13(11-18)10-12-6-2-1-3-7-12/h1-9,13,17-18H,10-11H2. The van der Waals surface area contributed by atoms with Gasteiger partial charge in [0.2, 0.25) is 10.0 Å². The van der Waals surface area contributed by atoms with Gasteiger partial charge in [0.05, 0.1) is 6.61 Å². The van der Waals surface area contributed by atoms with Crippen LogP contribution in [0.5, 0.6) is 0 Å². The Kier molecular flexibility index (Phi) is 5.06. The van der Waals surface area contributed by atoms with Crippen LogP contribution in [0.25, 0.3) is 0 Å². The Hall–Kier alpha value is -1.76. The Morgan fingerprint density at radius 1 is 1.05 bits per heavy atom. The summed E-state index contributed by atoms with van der Waals surface area (Å²) in [5.74, 6) is -0.818. The number of aliphatic hydroxyl groups is 1. The average molecular weight is 309 g/mol. The maximum absolute atomic E-state index is 13.6. The van der Waals surface area contributed by atoms with Crippen molar-refractivity contribution in [2.45, 2.75) is 17.4 Å². The van der Waals surface area contributed by atoms with Gasteiger partial charge in [0, 0.05) is 6.04 Å². The largest absolute Gasteiger partial charge is 0.395 e. The number of aliphatic hydroxyl groups excluding tert-OH is 1. The molecule has 0 bridgehead atoms. The molecule has 1 unspecified atom stereocenters. The Morgan fingerprint density at radius 3 is 2.29 bits per heavy atom. The van der Waals surface area contributed by atoms with Crippen molar-refractivity contribution < 1.29 is 17.9 Å². The first-order valence-electron chi connectivity index (χ1n) is 6.44. The number of rotatable bonds is 6. The van der Waals surface area contributed by atoms with Crippen LogP contribution >= 0.6 is 0 Å². The Balaban J connectivity index is 2.16. The van der Waals surface area contributed by atoms with Gasteiger partial charge in [0.1, 0.15) is 10.7 Å². The van der Waals surface area contributed by atoms with Gasteiger partial charge in [-0.3, -0.25) is 0 Å². The predicted octanol–water partition coefficient (Wildman–Crippen LogP) is 1.71. The summed E-state index contributed by atoms with van der Waals surface area (Å²) < 4.78 is 40.2. The van der Waals surface area contributed by atoms with Crippen LogP contribution in [0.4, 0.5) is 4.39 Å². The highest BCUT2D eigenvalue weighted by atomic mass is 32.2. The Labute approximate surface area is 123 Å². The van der Waals surface area contributed by atoms with Gasteiger partial charge in [0.15, 0.2) is 0 Å². The summed E-state index contributed by atoms with van der Waals surface area (Å²) in [4.78, 5) is -0.420. The van der Waals surface area contributed by atoms with Gasteiger partial charge in [-0.1, -0.05) is 42.5 Å². The van der Waals surface area contributed by atoms with E-state index in [4.69, 9.17) is 0 Å². The number of nitrogens with one attached hydrogen (secondary N) is 1. The minimum atomic E-state index is -4.01. The summed E-state index contributed by atoms with van der Waals surface area (Å²) in [6.07, 6.45) is 0.324. The minimum Gasteiger partial charge on any atom is -0.395 e. The Morgan fingerprint density at radius 2 is 1.67 bits per heavy atom. The van der Waals surface area contributed by atoms with Gasteiger partial charge in [-0.25, -0.2) is 17.5 Å². The molecule has 2 aromatic rings. The molecule has 0 radical (unpaired) electrons. The second-order valence-electron chi connectivity index (χ2n) is 4.62. The first-order chi connectivity index (χ1) is 10.0. The zero-order chi connectivity index (χ0) is 15.3. The first kappa shape index (κ1) is 15.6. The summed E-state index contributed by atoms with van der Waals surface area (Å²) in [6.45, 7) is -0.372. The maximum Gasteiger partial charge on any atom is 0.243 e. The van der Waals surface area contributed by atoms with Crippen LogP contribution in [0, 0.1) is 5.82 Å². The van der Waals surface area contributed by atoms with Crippen LogP contribution in [-0.2, 0) is 16.4 Å². The molecule has 21 heavy (non-hydrogen) atoms. The lowest BCUT2D eigenvalue weighted by Crippen LogP contribution is -2.39. The molecule has 2 N–H and O–H groups in total. The lowest BCUT2D eigenvalue weighted by Gasteiger charge is -2.16. The first-order valence-corrected chi connectivity index (χ1v) is 7.93. The van der Waals surface area contributed by atoms with Crippen LogP contribution in [-0.4, -0.2) is 26.2 Å². The van der Waals surface area contributed by atoms with Crippen LogP contribution < -0.4 is 4.72 Å². The van der Waals surface area contributed by atoms with Gasteiger partial charge >= 0.3 is 0 Å². The van der Waals surface area contributed by atoms with Crippen molar-refractivity contribution in [3.63, 3.8) is 0 Å². The van der Waals surface area contributed by atoms with E-state index in [0.29, 0.717) is 6.42 Å². The maximum atomic E-state index is 13.6. The summed E-state index contributed by atoms with van der Waals surface area (Å²) in [6, 6.07) is 13.6. The fourth-order valence-corrected chi connectivity index (χ4v) is 3.29. The fraction of sp³-hybridized carbons (Fsp3) is 0.200. The topological polar surface area (TPSA) is 66.4 Å². The zero-order valence-electron chi connectivity index (χ0n) is 11.2. The molecule has 0 aliphatic heterocycles. The van der Waals surface area contributed by atoms with E-state index in [9.17, 15) is 17.9 Å². The van der Waals surface area contributed by atoms with Crippen LogP contribution in [0.2, 0.25) is 0 Å². The molecular formula is C15H16FNO3S. The second kappa shape index (κ2) is 6.80. The molecule has 2 aromatic carbocycles. The van der Waals surface area contributed by atoms with Crippen LogP contribution in [0.3, 0.4) is 0 Å². The Bertz CT molecular complexity index is 689. The molecule has 0 heterocycles. The third-order valence-corrected chi connectivity index (χ3v) is 4.55. The van der Waals surface area contributed by atoms with E-state index in [1.165, 1.54) is 18.2 Å². The van der Waals surface area contributed by atoms with Crippen molar-refractivity contribution in [1.82, 2.24) is 4.72 Å². The predicted molar refractivity (Wildman–Crippen MR) is 77.7 cm³/mol. The van der Waals surface area contributed by atoms with Crippen molar-refractivity contribution in [3.05, 3.63) is 66.0 Å². The SMILES string of the molecule is O=S(=O)(NC(CO)Cc1ccccc1)c1ccccc1F. The van der Waals surface area contributed by atoms with Gasteiger partial charge < -0.3 is 5.11 Å². The van der Waals surface area contributed by atoms with Crippen molar-refractivity contribution in [3.8, 4) is 0 Å². The molecule has 1 atom stereocenters. The third-order valence-electron chi connectivity index (χ3n) is 2.99. The van der Waals surface area contributed by atoms with E-state index in [0.717, 1.165) is 11.6 Å². The van der Waals surface area contributed by atoms with E-state index >= 15 is 0 Å². The molecule has 0 aliphatic carbocycles. The highest BCUT2D eigenvalue weighted by molar-refractivity contribution is 7.89. The van der Waals surface area contributed by atoms with Crippen LogP contribution in [0.15, 0.2) is 59.5 Å². The molecule has 6 heteroatoms. The van der Waals surface area contributed by atoms with Crippen molar-refractivity contribution in [2.24, 2.45) is 0 Å². The van der Waals surface area contributed by atoms with Gasteiger partial charge in [-0.15, -0.1) is 0 Å². The molecule has 0 aromatic heterocycles. The summed E-state index contributed by atoms with van der Waals surface area (Å²) in [7, 11) is -4.01. The number of hydrogen-bond acceptors (Lipinski definition) is 3. The van der Waals surface area contributed by atoms with E-state index < -0.39 is 26.8 Å². The zero-order valence-corrected chi connectivity index (χ0v) is 12.1. The quantitative estimate of drug-likeness (QED) is 0.853. The van der Waals surface area contributed by atoms with Crippen LogP contribution in [0.1, 0.15) is 5.56 Å². The van der Waals surface area contributed by atoms with Gasteiger partial charge in [0.25, 0.3) is 0 Å². The molecule has 0 aliphatic rings. The number of hydrogen-bond donors (Lipinski definition) is 2. The molecule has 0 fully saturated rings. The van der Waals surface area contributed by atoms with E-state index in [1.807, 2.05) is 30.3 Å². The normalized spacial score (nSPS) is 13.0. The lowest BCUT2D eigenvalue weighted by molar-refractivity contribution is 0.256. The number of benzene rings is 2. The fourth-order valence-electron chi connectivity index (χ4n) is 1.99. The number of sulfonamides is 1. The summed E-state index contributed by atoms with van der Waals surface area (Å²) in [5, 5.41) is 9.35. The smallest absolute Gasteiger partial charge is 0.243 e. The minimum absolute atomic E-state index is 0.324. The molecule has 0 spiro atoms. The highest BCUT2D eigenvalue weighted by Gasteiger charge is 2.22. The van der Waals surface area contributed by atoms with E-state index in [1.54, 1.807) is 0 Å². The molecule has 0 saturated carbocycles. The average Bonchev–Trinajstić information content (AvgIpc) is 2.47. The summed E-state index contributed by atoms with van der Waals surface area (Å²) in [5.41, 5.74) is 0.882. The monoisotopic (exact) mass is 309 g/mol. The van der Waals surface area contributed by atoms with Crippen molar-refractivity contribution in [1.29, 1.82) is 0 Å². The van der Waals surface area contributed by atoms with Crippen molar-refractivity contribution >= 4 is 10.0 Å². The molecule has 0 amide bonds. The van der Waals surface area contributed by atoms with Gasteiger partial charge in [-0.05, 0) is 24.1 Å².